The molecule has 1 aromatic carbocycles. The van der Waals surface area contributed by atoms with Gasteiger partial charge in [-0.1, -0.05) is 25.1 Å². The number of esters is 1. The number of hydrogen-bond donors (Lipinski definition) is 1. The quantitative estimate of drug-likeness (QED) is 0.755. The second-order valence-corrected chi connectivity index (χ2v) is 4.44. The van der Waals surface area contributed by atoms with E-state index in [0.29, 0.717) is 12.1 Å². The van der Waals surface area contributed by atoms with Gasteiger partial charge >= 0.3 is 5.97 Å². The van der Waals surface area contributed by atoms with Crippen LogP contribution in [0.1, 0.15) is 23.7 Å². The number of ether oxygens (including phenoxy) is 1. The van der Waals surface area contributed by atoms with Crippen molar-refractivity contribution in [2.45, 2.75) is 13.3 Å². The van der Waals surface area contributed by atoms with Crippen LogP contribution in [0.15, 0.2) is 30.3 Å². The number of benzene rings is 1. The van der Waals surface area contributed by atoms with Gasteiger partial charge in [-0.15, -0.1) is 0 Å². The Labute approximate surface area is 124 Å². The molecule has 0 atom stereocenters. The Kier molecular flexibility index (Phi) is 6.94. The predicted molar refractivity (Wildman–Crippen MR) is 77.7 cm³/mol. The first-order chi connectivity index (χ1) is 10.1. The highest BCUT2D eigenvalue weighted by atomic mass is 16.5. The highest BCUT2D eigenvalue weighted by Crippen LogP contribution is 1.98. The molecule has 0 saturated heterocycles. The molecule has 0 saturated carbocycles. The van der Waals surface area contributed by atoms with Gasteiger partial charge in [0.15, 0.2) is 0 Å². The number of nitrogens with zero attached hydrogens (tertiary/aromatic N) is 1. The molecule has 2 amide bonds. The van der Waals surface area contributed by atoms with Crippen LogP contribution in [-0.2, 0) is 14.3 Å². The minimum atomic E-state index is -0.480. The third-order valence-electron chi connectivity index (χ3n) is 2.83. The molecule has 0 aliphatic carbocycles. The summed E-state index contributed by atoms with van der Waals surface area (Å²) in [6.45, 7) is 2.09. The van der Waals surface area contributed by atoms with Crippen molar-refractivity contribution >= 4 is 17.8 Å². The van der Waals surface area contributed by atoms with Gasteiger partial charge in [0.05, 0.1) is 13.7 Å². The Bertz CT molecular complexity index is 488. The molecule has 0 spiro atoms. The van der Waals surface area contributed by atoms with Gasteiger partial charge in [-0.2, -0.15) is 0 Å². The van der Waals surface area contributed by atoms with Crippen molar-refractivity contribution in [2.24, 2.45) is 0 Å². The van der Waals surface area contributed by atoms with Gasteiger partial charge in [0.2, 0.25) is 5.91 Å². The van der Waals surface area contributed by atoms with E-state index in [2.05, 4.69) is 10.1 Å². The summed E-state index contributed by atoms with van der Waals surface area (Å²) >= 11 is 0. The Morgan fingerprint density at radius 2 is 1.86 bits per heavy atom. The van der Waals surface area contributed by atoms with E-state index < -0.39 is 5.97 Å². The van der Waals surface area contributed by atoms with Crippen LogP contribution >= 0.6 is 0 Å². The van der Waals surface area contributed by atoms with Crippen LogP contribution in [0.5, 0.6) is 0 Å². The molecule has 0 radical (unpaired) electrons. The number of amides is 2. The summed E-state index contributed by atoms with van der Waals surface area (Å²) in [5.41, 5.74) is 0.486. The van der Waals surface area contributed by atoms with E-state index in [-0.39, 0.29) is 24.9 Å². The van der Waals surface area contributed by atoms with Gasteiger partial charge in [0.25, 0.3) is 5.91 Å². The summed E-state index contributed by atoms with van der Waals surface area (Å²) in [5, 5.41) is 2.55. The third kappa shape index (κ3) is 5.64. The maximum Gasteiger partial charge on any atom is 0.325 e. The highest BCUT2D eigenvalue weighted by molar-refractivity contribution is 5.96. The van der Waals surface area contributed by atoms with E-state index in [0.717, 1.165) is 6.42 Å². The van der Waals surface area contributed by atoms with Crippen LogP contribution in [0.4, 0.5) is 0 Å². The molecule has 0 heterocycles. The summed E-state index contributed by atoms with van der Waals surface area (Å²) < 4.78 is 4.55. The molecule has 114 valence electrons. The molecule has 1 rings (SSSR count). The number of rotatable bonds is 7. The van der Waals surface area contributed by atoms with E-state index in [1.807, 2.05) is 6.92 Å². The Balaban J connectivity index is 2.53. The summed E-state index contributed by atoms with van der Waals surface area (Å²) in [6.07, 6.45) is 0.718. The zero-order valence-electron chi connectivity index (χ0n) is 12.3. The monoisotopic (exact) mass is 292 g/mol. The summed E-state index contributed by atoms with van der Waals surface area (Å²) in [6, 6.07) is 8.63. The molecule has 0 bridgehead atoms. The maximum absolute atomic E-state index is 12.0. The SMILES string of the molecule is CCCN(CC(=O)OC)C(=O)CNC(=O)c1ccccc1. The first kappa shape index (κ1) is 16.7. The van der Waals surface area contributed by atoms with Gasteiger partial charge < -0.3 is 15.0 Å². The van der Waals surface area contributed by atoms with Crippen molar-refractivity contribution in [3.63, 3.8) is 0 Å². The Morgan fingerprint density at radius 1 is 1.19 bits per heavy atom. The van der Waals surface area contributed by atoms with Crippen LogP contribution < -0.4 is 5.32 Å². The van der Waals surface area contributed by atoms with E-state index in [1.54, 1.807) is 30.3 Å². The van der Waals surface area contributed by atoms with Gasteiger partial charge in [-0.3, -0.25) is 14.4 Å². The largest absolute Gasteiger partial charge is 0.468 e. The lowest BCUT2D eigenvalue weighted by Gasteiger charge is -2.20. The first-order valence-electron chi connectivity index (χ1n) is 6.76. The van der Waals surface area contributed by atoms with Crippen molar-refractivity contribution < 1.29 is 19.1 Å². The average molecular weight is 292 g/mol. The zero-order chi connectivity index (χ0) is 15.7. The molecule has 0 aliphatic heterocycles. The summed E-state index contributed by atoms with van der Waals surface area (Å²) in [7, 11) is 1.27. The highest BCUT2D eigenvalue weighted by Gasteiger charge is 2.17. The normalized spacial score (nSPS) is 9.81. The zero-order valence-corrected chi connectivity index (χ0v) is 12.3. The van der Waals surface area contributed by atoms with E-state index >= 15 is 0 Å². The van der Waals surface area contributed by atoms with Crippen molar-refractivity contribution in [2.75, 3.05) is 26.7 Å². The lowest BCUT2D eigenvalue weighted by molar-refractivity contribution is -0.146. The van der Waals surface area contributed by atoms with Crippen LogP contribution in [0.25, 0.3) is 0 Å². The number of methoxy groups -OCH3 is 1. The smallest absolute Gasteiger partial charge is 0.325 e. The molecular formula is C15H20N2O4. The van der Waals surface area contributed by atoms with E-state index in [4.69, 9.17) is 0 Å². The predicted octanol–water partition coefficient (Wildman–Crippen LogP) is 0.828. The minimum absolute atomic E-state index is 0.107. The molecule has 21 heavy (non-hydrogen) atoms. The van der Waals surface area contributed by atoms with E-state index in [9.17, 15) is 14.4 Å². The molecule has 0 aromatic heterocycles. The molecule has 0 aliphatic rings. The third-order valence-corrected chi connectivity index (χ3v) is 2.83. The van der Waals surface area contributed by atoms with Crippen LogP contribution in [-0.4, -0.2) is 49.4 Å². The Hall–Kier alpha value is -2.37. The van der Waals surface area contributed by atoms with Crippen molar-refractivity contribution in [1.82, 2.24) is 10.2 Å². The van der Waals surface area contributed by atoms with Gasteiger partial charge in [-0.05, 0) is 18.6 Å². The van der Waals surface area contributed by atoms with E-state index in [1.165, 1.54) is 12.0 Å². The van der Waals surface area contributed by atoms with Crippen molar-refractivity contribution in [3.05, 3.63) is 35.9 Å². The molecule has 0 unspecified atom stereocenters. The van der Waals surface area contributed by atoms with Crippen LogP contribution in [0.3, 0.4) is 0 Å². The first-order valence-corrected chi connectivity index (χ1v) is 6.76. The molecular weight excluding hydrogens is 272 g/mol. The topological polar surface area (TPSA) is 75.7 Å². The maximum atomic E-state index is 12.0. The van der Waals surface area contributed by atoms with Gasteiger partial charge in [0, 0.05) is 12.1 Å². The lowest BCUT2D eigenvalue weighted by Crippen LogP contribution is -2.43. The fourth-order valence-corrected chi connectivity index (χ4v) is 1.74. The molecule has 6 nitrogen and oxygen atoms in total. The van der Waals surface area contributed by atoms with Crippen molar-refractivity contribution in [1.29, 1.82) is 0 Å². The van der Waals surface area contributed by atoms with Crippen LogP contribution in [0.2, 0.25) is 0 Å². The molecule has 0 fully saturated rings. The summed E-state index contributed by atoms with van der Waals surface area (Å²) in [5.74, 6) is -1.11. The fourth-order valence-electron chi connectivity index (χ4n) is 1.74. The second-order valence-electron chi connectivity index (χ2n) is 4.44. The standard InChI is InChI=1S/C15H20N2O4/c1-3-9-17(11-14(19)21-2)13(18)10-16-15(20)12-7-5-4-6-8-12/h4-8H,3,9-11H2,1-2H3,(H,16,20). The number of hydrogen-bond acceptors (Lipinski definition) is 4. The van der Waals surface area contributed by atoms with Gasteiger partial charge in [0.1, 0.15) is 6.54 Å². The molecule has 1 N–H and O–H groups in total. The number of carbonyl (C=O) groups excluding carboxylic acids is 3. The average Bonchev–Trinajstić information content (AvgIpc) is 2.52. The number of carbonyl (C=O) groups is 3. The minimum Gasteiger partial charge on any atom is -0.468 e. The fraction of sp³-hybridized carbons (Fsp3) is 0.400. The molecule has 1 aromatic rings. The van der Waals surface area contributed by atoms with Crippen LogP contribution in [0, 0.1) is 0 Å². The molecule has 6 heteroatoms. The van der Waals surface area contributed by atoms with Crippen molar-refractivity contribution in [3.8, 4) is 0 Å². The Morgan fingerprint density at radius 3 is 2.43 bits per heavy atom. The lowest BCUT2D eigenvalue weighted by atomic mass is 10.2. The second kappa shape index (κ2) is 8.73. The number of nitrogens with one attached hydrogen (secondary N) is 1. The summed E-state index contributed by atoms with van der Waals surface area (Å²) in [4.78, 5) is 36.5. The van der Waals surface area contributed by atoms with Gasteiger partial charge in [-0.25, -0.2) is 0 Å².